The highest BCUT2D eigenvalue weighted by Gasteiger charge is 2.10. The van der Waals surface area contributed by atoms with Gasteiger partial charge in [-0.3, -0.25) is 4.79 Å². The molecule has 1 amide bonds. The summed E-state index contributed by atoms with van der Waals surface area (Å²) in [7, 11) is 0. The fourth-order valence-electron chi connectivity index (χ4n) is 1.82. The van der Waals surface area contributed by atoms with Crippen molar-refractivity contribution in [1.82, 2.24) is 5.32 Å². The second-order valence-corrected chi connectivity index (χ2v) is 6.27. The van der Waals surface area contributed by atoms with Crippen molar-refractivity contribution in [1.29, 1.82) is 0 Å². The molecule has 5 heteroatoms. The highest BCUT2D eigenvalue weighted by atomic mass is 127. The summed E-state index contributed by atoms with van der Waals surface area (Å²) in [6.45, 7) is 1.90. The van der Waals surface area contributed by atoms with E-state index in [4.69, 9.17) is 16.3 Å². The van der Waals surface area contributed by atoms with Crippen molar-refractivity contribution in [3.05, 3.63) is 62.7 Å². The number of benzene rings is 2. The van der Waals surface area contributed by atoms with Crippen LogP contribution in [0.5, 0.6) is 5.75 Å². The van der Waals surface area contributed by atoms with Gasteiger partial charge in [0.2, 0.25) is 0 Å². The molecule has 1 atom stereocenters. The van der Waals surface area contributed by atoms with Gasteiger partial charge in [-0.1, -0.05) is 23.7 Å². The summed E-state index contributed by atoms with van der Waals surface area (Å²) in [5, 5.41) is 3.54. The van der Waals surface area contributed by atoms with Gasteiger partial charge in [0, 0.05) is 8.59 Å². The van der Waals surface area contributed by atoms with Crippen LogP contribution in [0, 0.1) is 3.57 Å². The maximum atomic E-state index is 11.9. The van der Waals surface area contributed by atoms with E-state index >= 15 is 0 Å². The molecule has 1 N–H and O–H groups in total. The summed E-state index contributed by atoms with van der Waals surface area (Å²) >= 11 is 8.16. The van der Waals surface area contributed by atoms with Gasteiger partial charge in [0.15, 0.2) is 6.61 Å². The third kappa shape index (κ3) is 5.21. The van der Waals surface area contributed by atoms with Crippen molar-refractivity contribution in [2.75, 3.05) is 6.61 Å². The summed E-state index contributed by atoms with van der Waals surface area (Å²) in [4.78, 5) is 11.9. The molecule has 110 valence electrons. The number of carbonyl (C=O) groups is 1. The average molecular weight is 416 g/mol. The Bertz CT molecular complexity index is 616. The lowest BCUT2D eigenvalue weighted by atomic mass is 10.1. The fraction of sp³-hybridized carbons (Fsp3) is 0.188. The Labute approximate surface area is 142 Å². The Hall–Kier alpha value is -1.27. The number of ether oxygens (including phenoxy) is 1. The molecule has 2 aromatic rings. The van der Waals surface area contributed by atoms with E-state index in [1.54, 1.807) is 6.07 Å². The molecule has 0 radical (unpaired) electrons. The van der Waals surface area contributed by atoms with E-state index < -0.39 is 0 Å². The van der Waals surface area contributed by atoms with E-state index in [9.17, 15) is 4.79 Å². The number of hydrogen-bond donors (Lipinski definition) is 1. The maximum absolute atomic E-state index is 11.9. The zero-order valence-corrected chi connectivity index (χ0v) is 14.4. The first-order valence-corrected chi connectivity index (χ1v) is 7.93. The van der Waals surface area contributed by atoms with Crippen molar-refractivity contribution < 1.29 is 9.53 Å². The largest absolute Gasteiger partial charge is 0.484 e. The maximum Gasteiger partial charge on any atom is 0.258 e. The number of halogens is 2. The molecule has 21 heavy (non-hydrogen) atoms. The number of rotatable bonds is 5. The molecule has 0 aromatic heterocycles. The first kappa shape index (κ1) is 16.1. The third-order valence-electron chi connectivity index (χ3n) is 2.91. The predicted octanol–water partition coefficient (Wildman–Crippen LogP) is 4.20. The van der Waals surface area contributed by atoms with Crippen molar-refractivity contribution in [3.63, 3.8) is 0 Å². The molecule has 1 unspecified atom stereocenters. The summed E-state index contributed by atoms with van der Waals surface area (Å²) in [6.07, 6.45) is 0. The van der Waals surface area contributed by atoms with Crippen LogP contribution in [0.4, 0.5) is 0 Å². The zero-order valence-electron chi connectivity index (χ0n) is 11.5. The van der Waals surface area contributed by atoms with E-state index in [2.05, 4.69) is 27.9 Å². The van der Waals surface area contributed by atoms with Gasteiger partial charge in [-0.15, -0.1) is 0 Å². The average Bonchev–Trinajstić information content (AvgIpc) is 2.46. The van der Waals surface area contributed by atoms with Gasteiger partial charge in [0.25, 0.3) is 5.91 Å². The lowest BCUT2D eigenvalue weighted by molar-refractivity contribution is -0.123. The second-order valence-electron chi connectivity index (χ2n) is 4.59. The van der Waals surface area contributed by atoms with Crippen molar-refractivity contribution in [3.8, 4) is 5.75 Å². The third-order valence-corrected chi connectivity index (χ3v) is 3.86. The van der Waals surface area contributed by atoms with Crippen LogP contribution in [-0.2, 0) is 4.79 Å². The molecule has 0 aliphatic carbocycles. The van der Waals surface area contributed by atoms with E-state index in [0.717, 1.165) is 9.13 Å². The number of hydrogen-bond acceptors (Lipinski definition) is 2. The van der Waals surface area contributed by atoms with Crippen LogP contribution in [-0.4, -0.2) is 12.5 Å². The molecule has 0 spiro atoms. The topological polar surface area (TPSA) is 38.3 Å². The van der Waals surface area contributed by atoms with Crippen LogP contribution >= 0.6 is 34.2 Å². The Balaban J connectivity index is 1.85. The van der Waals surface area contributed by atoms with Crippen LogP contribution in [0.2, 0.25) is 5.02 Å². The summed E-state index contributed by atoms with van der Waals surface area (Å²) in [5.74, 6) is 0.516. The lowest BCUT2D eigenvalue weighted by Crippen LogP contribution is -2.31. The van der Waals surface area contributed by atoms with E-state index in [1.165, 1.54) is 0 Å². The summed E-state index contributed by atoms with van der Waals surface area (Å²) < 4.78 is 6.57. The van der Waals surface area contributed by atoms with Gasteiger partial charge >= 0.3 is 0 Å². The van der Waals surface area contributed by atoms with Crippen LogP contribution in [0.15, 0.2) is 48.5 Å². The monoisotopic (exact) mass is 415 g/mol. The molecule has 0 saturated heterocycles. The smallest absolute Gasteiger partial charge is 0.258 e. The molecular weight excluding hydrogens is 401 g/mol. The molecule has 0 saturated carbocycles. The van der Waals surface area contributed by atoms with Crippen LogP contribution < -0.4 is 10.1 Å². The first-order chi connectivity index (χ1) is 10.0. The van der Waals surface area contributed by atoms with Gasteiger partial charge in [-0.05, 0) is 71.5 Å². The number of amides is 1. The van der Waals surface area contributed by atoms with Crippen LogP contribution in [0.1, 0.15) is 18.5 Å². The van der Waals surface area contributed by atoms with Crippen molar-refractivity contribution in [2.45, 2.75) is 13.0 Å². The first-order valence-electron chi connectivity index (χ1n) is 6.48. The Morgan fingerprint density at radius 2 is 2.00 bits per heavy atom. The van der Waals surface area contributed by atoms with Crippen molar-refractivity contribution in [2.24, 2.45) is 0 Å². The summed E-state index contributed by atoms with van der Waals surface area (Å²) in [6, 6.07) is 14.9. The molecule has 2 aromatic carbocycles. The minimum absolute atomic E-state index is 0.00843. The zero-order chi connectivity index (χ0) is 15.2. The van der Waals surface area contributed by atoms with Crippen LogP contribution in [0.3, 0.4) is 0 Å². The van der Waals surface area contributed by atoms with Crippen molar-refractivity contribution >= 4 is 40.1 Å². The van der Waals surface area contributed by atoms with E-state index in [1.807, 2.05) is 49.4 Å². The van der Waals surface area contributed by atoms with Gasteiger partial charge in [-0.25, -0.2) is 0 Å². The molecule has 0 aliphatic rings. The minimum atomic E-state index is -0.166. The molecule has 0 fully saturated rings. The van der Waals surface area contributed by atoms with Gasteiger partial charge in [0.1, 0.15) is 5.75 Å². The van der Waals surface area contributed by atoms with E-state index in [0.29, 0.717) is 10.8 Å². The highest BCUT2D eigenvalue weighted by Crippen LogP contribution is 2.17. The molecule has 0 bridgehead atoms. The molecular formula is C16H15ClINO2. The Morgan fingerprint density at radius 3 is 2.67 bits per heavy atom. The molecule has 0 heterocycles. The van der Waals surface area contributed by atoms with Gasteiger partial charge in [-0.2, -0.15) is 0 Å². The Morgan fingerprint density at radius 1 is 1.29 bits per heavy atom. The van der Waals surface area contributed by atoms with Gasteiger partial charge in [0.05, 0.1) is 6.04 Å². The van der Waals surface area contributed by atoms with Crippen LogP contribution in [0.25, 0.3) is 0 Å². The SMILES string of the molecule is CC(NC(=O)COc1ccc(I)cc1)c1cccc(Cl)c1. The highest BCUT2D eigenvalue weighted by molar-refractivity contribution is 14.1. The summed E-state index contributed by atoms with van der Waals surface area (Å²) in [5.41, 5.74) is 0.963. The molecule has 3 nitrogen and oxygen atoms in total. The quantitative estimate of drug-likeness (QED) is 0.743. The molecule has 2 rings (SSSR count). The second kappa shape index (κ2) is 7.66. The van der Waals surface area contributed by atoms with E-state index in [-0.39, 0.29) is 18.6 Å². The Kier molecular flexibility index (Phi) is 5.87. The predicted molar refractivity (Wildman–Crippen MR) is 92.7 cm³/mol. The fourth-order valence-corrected chi connectivity index (χ4v) is 2.38. The standard InChI is InChI=1S/C16H15ClINO2/c1-11(12-3-2-4-13(17)9-12)19-16(20)10-21-15-7-5-14(18)6-8-15/h2-9,11H,10H2,1H3,(H,19,20). The minimum Gasteiger partial charge on any atom is -0.484 e. The van der Waals surface area contributed by atoms with Gasteiger partial charge < -0.3 is 10.1 Å². The normalized spacial score (nSPS) is 11.8. The number of carbonyl (C=O) groups excluding carboxylic acids is 1. The molecule has 0 aliphatic heterocycles. The lowest BCUT2D eigenvalue weighted by Gasteiger charge is -2.15. The number of nitrogens with one attached hydrogen (secondary N) is 1.